The van der Waals surface area contributed by atoms with E-state index in [4.69, 9.17) is 9.57 Å². The van der Waals surface area contributed by atoms with Gasteiger partial charge in [-0.2, -0.15) is 13.2 Å². The Balaban J connectivity index is 1.44. The number of hydroxylamine groups is 1. The van der Waals surface area contributed by atoms with Gasteiger partial charge in [-0.3, -0.25) is 14.4 Å². The Kier molecular flexibility index (Phi) is 9.33. The van der Waals surface area contributed by atoms with E-state index in [1.54, 1.807) is 24.3 Å². The standard InChI is InChI=1S/C26H31F3N2O5/c1-35-22-12-7-11-21(18-22)25(34,26(27,28)29)24(33)31-15-13-19(14-16-31)8-5-6-17-36-30-23(32)20-9-3-2-4-10-20/h2-4,7,9-12,18-19,34H,5-6,8,13-17H2,1H3,(H,30,32). The number of benzene rings is 2. The lowest BCUT2D eigenvalue weighted by molar-refractivity contribution is -0.262. The molecule has 2 aromatic carbocycles. The largest absolute Gasteiger partial charge is 0.497 e. The monoisotopic (exact) mass is 508 g/mol. The lowest BCUT2D eigenvalue weighted by Gasteiger charge is -2.38. The Morgan fingerprint density at radius 2 is 1.75 bits per heavy atom. The second kappa shape index (κ2) is 12.2. The highest BCUT2D eigenvalue weighted by atomic mass is 19.4. The second-order valence-electron chi connectivity index (χ2n) is 8.82. The number of hydrogen-bond acceptors (Lipinski definition) is 5. The molecule has 3 rings (SSSR count). The Labute approximate surface area is 208 Å². The molecule has 1 aliphatic heterocycles. The van der Waals surface area contributed by atoms with Crippen LogP contribution in [0.25, 0.3) is 0 Å². The van der Waals surface area contributed by atoms with Gasteiger partial charge >= 0.3 is 6.18 Å². The third kappa shape index (κ3) is 6.55. The summed E-state index contributed by atoms with van der Waals surface area (Å²) >= 11 is 0. The van der Waals surface area contributed by atoms with Gasteiger partial charge in [0.2, 0.25) is 0 Å². The normalized spacial score (nSPS) is 16.3. The van der Waals surface area contributed by atoms with Crippen LogP contribution in [0, 0.1) is 5.92 Å². The number of likely N-dealkylation sites (tertiary alicyclic amines) is 1. The number of carbonyl (C=O) groups excluding carboxylic acids is 2. The van der Waals surface area contributed by atoms with Gasteiger partial charge in [0.05, 0.1) is 13.7 Å². The molecular formula is C26H31F3N2O5. The minimum atomic E-state index is -5.19. The third-order valence-corrected chi connectivity index (χ3v) is 6.42. The fourth-order valence-corrected chi connectivity index (χ4v) is 4.28. The molecule has 36 heavy (non-hydrogen) atoms. The molecule has 1 aliphatic rings. The van der Waals surface area contributed by atoms with Crippen LogP contribution < -0.4 is 10.2 Å². The summed E-state index contributed by atoms with van der Waals surface area (Å²) in [6.45, 7) is 0.611. The third-order valence-electron chi connectivity index (χ3n) is 6.42. The van der Waals surface area contributed by atoms with Crippen LogP contribution in [0.5, 0.6) is 5.75 Å². The molecule has 1 fully saturated rings. The topological polar surface area (TPSA) is 88.1 Å². The van der Waals surface area contributed by atoms with Crippen molar-refractivity contribution in [2.24, 2.45) is 5.92 Å². The van der Waals surface area contributed by atoms with Gasteiger partial charge in [-0.05, 0) is 49.4 Å². The molecule has 7 nitrogen and oxygen atoms in total. The minimum absolute atomic E-state index is 0.116. The number of carbonyl (C=O) groups is 2. The number of aliphatic hydroxyl groups is 1. The van der Waals surface area contributed by atoms with Gasteiger partial charge in [0.25, 0.3) is 17.4 Å². The maximum Gasteiger partial charge on any atom is 0.430 e. The quantitative estimate of drug-likeness (QED) is 0.371. The van der Waals surface area contributed by atoms with Crippen molar-refractivity contribution < 1.29 is 37.4 Å². The van der Waals surface area contributed by atoms with Gasteiger partial charge in [0.1, 0.15) is 5.75 Å². The molecular weight excluding hydrogens is 477 g/mol. The summed E-state index contributed by atoms with van der Waals surface area (Å²) in [6, 6.07) is 13.6. The summed E-state index contributed by atoms with van der Waals surface area (Å²) < 4.78 is 46.8. The van der Waals surface area contributed by atoms with Crippen LogP contribution in [0.3, 0.4) is 0 Å². The highest BCUT2D eigenvalue weighted by Crippen LogP contribution is 2.42. The zero-order valence-electron chi connectivity index (χ0n) is 20.1. The number of nitrogens with zero attached hydrogens (tertiary/aromatic N) is 1. The van der Waals surface area contributed by atoms with E-state index in [1.165, 1.54) is 19.2 Å². The minimum Gasteiger partial charge on any atom is -0.497 e. The summed E-state index contributed by atoms with van der Waals surface area (Å²) in [5, 5.41) is 10.6. The summed E-state index contributed by atoms with van der Waals surface area (Å²) in [7, 11) is 1.30. The van der Waals surface area contributed by atoms with Gasteiger partial charge < -0.3 is 14.7 Å². The molecule has 0 saturated carbocycles. The van der Waals surface area contributed by atoms with Crippen molar-refractivity contribution in [3.63, 3.8) is 0 Å². The lowest BCUT2D eigenvalue weighted by atomic mass is 9.87. The highest BCUT2D eigenvalue weighted by Gasteiger charge is 2.62. The SMILES string of the molecule is COc1cccc(C(O)(C(=O)N2CCC(CCCCONC(=O)c3ccccc3)CC2)C(F)(F)F)c1. The fourth-order valence-electron chi connectivity index (χ4n) is 4.28. The number of methoxy groups -OCH3 is 1. The Hall–Kier alpha value is -3.11. The predicted octanol–water partition coefficient (Wildman–Crippen LogP) is 4.22. The van der Waals surface area contributed by atoms with E-state index < -0.39 is 23.2 Å². The molecule has 196 valence electrons. The number of halogens is 3. The van der Waals surface area contributed by atoms with Gasteiger partial charge in [-0.1, -0.05) is 43.2 Å². The molecule has 0 aliphatic carbocycles. The summed E-state index contributed by atoms with van der Waals surface area (Å²) in [5.74, 6) is -1.32. The molecule has 0 spiro atoms. The first-order valence-corrected chi connectivity index (χ1v) is 11.9. The van der Waals surface area contributed by atoms with E-state index in [9.17, 15) is 27.9 Å². The Morgan fingerprint density at radius 3 is 2.39 bits per heavy atom. The van der Waals surface area contributed by atoms with E-state index in [0.717, 1.165) is 29.9 Å². The second-order valence-corrected chi connectivity index (χ2v) is 8.82. The zero-order valence-corrected chi connectivity index (χ0v) is 20.1. The first-order valence-electron chi connectivity index (χ1n) is 11.9. The van der Waals surface area contributed by atoms with Crippen LogP contribution in [-0.4, -0.2) is 54.8 Å². The molecule has 0 radical (unpaired) electrons. The van der Waals surface area contributed by atoms with Gasteiger partial charge in [0, 0.05) is 24.2 Å². The van der Waals surface area contributed by atoms with Gasteiger partial charge in [-0.15, -0.1) is 0 Å². The fraction of sp³-hybridized carbons (Fsp3) is 0.462. The van der Waals surface area contributed by atoms with Crippen molar-refractivity contribution in [3.05, 3.63) is 65.7 Å². The van der Waals surface area contributed by atoms with Gasteiger partial charge in [-0.25, -0.2) is 5.48 Å². The van der Waals surface area contributed by atoms with Crippen molar-refractivity contribution in [2.75, 3.05) is 26.8 Å². The smallest absolute Gasteiger partial charge is 0.430 e. The first kappa shape index (κ1) is 27.5. The molecule has 0 aromatic heterocycles. The molecule has 1 atom stereocenters. The van der Waals surface area contributed by atoms with Crippen molar-refractivity contribution in [3.8, 4) is 5.75 Å². The van der Waals surface area contributed by atoms with Crippen molar-refractivity contribution in [2.45, 2.75) is 43.9 Å². The van der Waals surface area contributed by atoms with E-state index in [0.29, 0.717) is 31.4 Å². The number of nitrogens with one attached hydrogen (secondary N) is 1. The molecule has 10 heteroatoms. The summed E-state index contributed by atoms with van der Waals surface area (Å²) in [6.07, 6.45) is -1.75. The molecule has 1 saturated heterocycles. The van der Waals surface area contributed by atoms with Crippen LogP contribution >= 0.6 is 0 Å². The van der Waals surface area contributed by atoms with Gasteiger partial charge in [0.15, 0.2) is 0 Å². The molecule has 2 N–H and O–H groups in total. The lowest BCUT2D eigenvalue weighted by Crippen LogP contribution is -2.57. The van der Waals surface area contributed by atoms with Crippen LogP contribution in [-0.2, 0) is 15.2 Å². The number of hydrogen-bond donors (Lipinski definition) is 2. The number of unbranched alkanes of at least 4 members (excludes halogenated alkanes) is 1. The molecule has 2 amide bonds. The van der Waals surface area contributed by atoms with E-state index in [2.05, 4.69) is 5.48 Å². The summed E-state index contributed by atoms with van der Waals surface area (Å²) in [5.41, 5.74) is -1.31. The molecule has 1 unspecified atom stereocenters. The molecule has 2 aromatic rings. The van der Waals surface area contributed by atoms with Crippen LogP contribution in [0.15, 0.2) is 54.6 Å². The number of ether oxygens (including phenoxy) is 1. The first-order chi connectivity index (χ1) is 17.2. The van der Waals surface area contributed by atoms with Crippen molar-refractivity contribution in [1.82, 2.24) is 10.4 Å². The Bertz CT molecular complexity index is 1010. The maximum atomic E-state index is 13.9. The average molecular weight is 509 g/mol. The number of rotatable bonds is 10. The number of piperidine rings is 1. The van der Waals surface area contributed by atoms with E-state index >= 15 is 0 Å². The summed E-state index contributed by atoms with van der Waals surface area (Å²) in [4.78, 5) is 31.1. The van der Waals surface area contributed by atoms with Crippen LogP contribution in [0.2, 0.25) is 0 Å². The maximum absolute atomic E-state index is 13.9. The van der Waals surface area contributed by atoms with E-state index in [-0.39, 0.29) is 30.7 Å². The number of alkyl halides is 3. The van der Waals surface area contributed by atoms with Crippen molar-refractivity contribution in [1.29, 1.82) is 0 Å². The highest BCUT2D eigenvalue weighted by molar-refractivity contribution is 5.93. The number of amides is 2. The zero-order chi connectivity index (χ0) is 26.2. The van der Waals surface area contributed by atoms with E-state index in [1.807, 2.05) is 6.07 Å². The van der Waals surface area contributed by atoms with Crippen LogP contribution in [0.1, 0.15) is 48.0 Å². The molecule has 0 bridgehead atoms. The van der Waals surface area contributed by atoms with Crippen molar-refractivity contribution >= 4 is 11.8 Å². The average Bonchev–Trinajstić information content (AvgIpc) is 2.89. The van der Waals surface area contributed by atoms with Crippen LogP contribution in [0.4, 0.5) is 13.2 Å². The molecule has 1 heterocycles. The Morgan fingerprint density at radius 1 is 1.06 bits per heavy atom. The predicted molar refractivity (Wildman–Crippen MR) is 126 cm³/mol.